The zero-order valence-electron chi connectivity index (χ0n) is 21.6. The summed E-state index contributed by atoms with van der Waals surface area (Å²) < 4.78 is 0. The number of carboxylic acid groups (broad SMARTS) is 1. The number of nitrogens with zero attached hydrogens (tertiary/aromatic N) is 1. The molecule has 8 N–H and O–H groups in total. The first-order valence-corrected chi connectivity index (χ1v) is 12.7. The van der Waals surface area contributed by atoms with Crippen molar-refractivity contribution in [1.82, 2.24) is 20.5 Å². The minimum Gasteiger partial charge on any atom is -0.480 e. The van der Waals surface area contributed by atoms with Crippen molar-refractivity contribution in [2.45, 2.75) is 70.1 Å². The zero-order valence-corrected chi connectivity index (χ0v) is 21.6. The van der Waals surface area contributed by atoms with Crippen molar-refractivity contribution in [2.24, 2.45) is 17.4 Å². The summed E-state index contributed by atoms with van der Waals surface area (Å²) in [6, 6.07) is 3.21. The van der Waals surface area contributed by atoms with Crippen molar-refractivity contribution in [3.8, 4) is 0 Å². The number of amides is 4. The molecular formula is C26H36N6O6. The summed E-state index contributed by atoms with van der Waals surface area (Å²) in [7, 11) is 0. The van der Waals surface area contributed by atoms with Crippen LogP contribution in [0.5, 0.6) is 0 Å². The second kappa shape index (κ2) is 12.5. The standard InChI is InChI=1S/C26H36N6O6/c1-14(2)10-19(30-23(34)17(27)12-22(28)33)24(35)31-20(25(36)32-9-5-8-21(32)26(37)38)11-15-13-29-18-7-4-3-6-16(15)18/h3-4,6-7,13-14,17,19-21,29H,5,8-12,27H2,1-2H3,(H2,28,33)(H,30,34)(H,31,35)(H,37,38). The number of hydrogen-bond acceptors (Lipinski definition) is 6. The van der Waals surface area contributed by atoms with Gasteiger partial charge in [0.05, 0.1) is 12.5 Å². The number of rotatable bonds is 12. The van der Waals surface area contributed by atoms with Crippen molar-refractivity contribution in [1.29, 1.82) is 0 Å². The molecule has 12 heteroatoms. The Labute approximate surface area is 220 Å². The van der Waals surface area contributed by atoms with Gasteiger partial charge in [-0.15, -0.1) is 0 Å². The maximum Gasteiger partial charge on any atom is 0.326 e. The van der Waals surface area contributed by atoms with Gasteiger partial charge in [-0.05, 0) is 36.8 Å². The third kappa shape index (κ3) is 7.09. The first kappa shape index (κ1) is 28.6. The number of likely N-dealkylation sites (tertiary alicyclic amines) is 1. The smallest absolute Gasteiger partial charge is 0.326 e. The van der Waals surface area contributed by atoms with Crippen LogP contribution in [0.15, 0.2) is 30.5 Å². The number of para-hydroxylation sites is 1. The Hall–Kier alpha value is -3.93. The second-order valence-corrected chi connectivity index (χ2v) is 10.1. The van der Waals surface area contributed by atoms with Crippen LogP contribution in [0, 0.1) is 5.92 Å². The molecule has 3 rings (SSSR count). The largest absolute Gasteiger partial charge is 0.480 e. The van der Waals surface area contributed by atoms with E-state index >= 15 is 0 Å². The zero-order chi connectivity index (χ0) is 28.0. The summed E-state index contributed by atoms with van der Waals surface area (Å²) in [5.74, 6) is -3.68. The predicted octanol–water partition coefficient (Wildman–Crippen LogP) is 0.00440. The van der Waals surface area contributed by atoms with Crippen LogP contribution in [0.3, 0.4) is 0 Å². The Balaban J connectivity index is 1.87. The van der Waals surface area contributed by atoms with Crippen LogP contribution < -0.4 is 22.1 Å². The highest BCUT2D eigenvalue weighted by Crippen LogP contribution is 2.23. The molecule has 2 aromatic rings. The number of nitrogens with one attached hydrogen (secondary N) is 3. The molecule has 1 aliphatic heterocycles. The fourth-order valence-electron chi connectivity index (χ4n) is 4.77. The van der Waals surface area contributed by atoms with Crippen molar-refractivity contribution in [2.75, 3.05) is 6.54 Å². The fraction of sp³-hybridized carbons (Fsp3) is 0.500. The molecule has 4 amide bonds. The number of hydrogen-bond donors (Lipinski definition) is 6. The van der Waals surface area contributed by atoms with Gasteiger partial charge < -0.3 is 37.1 Å². The van der Waals surface area contributed by atoms with Crippen molar-refractivity contribution in [3.05, 3.63) is 36.0 Å². The highest BCUT2D eigenvalue weighted by Gasteiger charge is 2.38. The Morgan fingerprint density at radius 2 is 1.79 bits per heavy atom. The van der Waals surface area contributed by atoms with Gasteiger partial charge in [0.15, 0.2) is 0 Å². The third-order valence-electron chi connectivity index (χ3n) is 6.63. The summed E-state index contributed by atoms with van der Waals surface area (Å²) in [5.41, 5.74) is 12.5. The van der Waals surface area contributed by atoms with Gasteiger partial charge in [0.25, 0.3) is 0 Å². The molecule has 1 aromatic heterocycles. The van der Waals surface area contributed by atoms with Crippen LogP contribution >= 0.6 is 0 Å². The summed E-state index contributed by atoms with van der Waals surface area (Å²) in [5, 5.41) is 15.8. The number of nitrogens with two attached hydrogens (primary N) is 2. The lowest BCUT2D eigenvalue weighted by molar-refractivity contribution is -0.149. The lowest BCUT2D eigenvalue weighted by atomic mass is 10.00. The van der Waals surface area contributed by atoms with E-state index in [4.69, 9.17) is 11.5 Å². The summed E-state index contributed by atoms with van der Waals surface area (Å²) >= 11 is 0. The van der Waals surface area contributed by atoms with Gasteiger partial charge in [-0.2, -0.15) is 0 Å². The number of aromatic amines is 1. The Bertz CT molecular complexity index is 1190. The van der Waals surface area contributed by atoms with Gasteiger partial charge in [-0.25, -0.2) is 4.79 Å². The average molecular weight is 529 g/mol. The number of aliphatic carboxylic acids is 1. The van der Waals surface area contributed by atoms with Gasteiger partial charge in [0, 0.05) is 30.1 Å². The molecular weight excluding hydrogens is 492 g/mol. The van der Waals surface area contributed by atoms with E-state index in [1.165, 1.54) is 4.90 Å². The SMILES string of the molecule is CC(C)CC(NC(=O)C(N)CC(N)=O)C(=O)NC(Cc1c[nH]c2ccccc12)C(=O)N1CCCC1C(=O)O. The third-order valence-corrected chi connectivity index (χ3v) is 6.63. The Morgan fingerprint density at radius 3 is 2.45 bits per heavy atom. The molecule has 1 aromatic carbocycles. The molecule has 0 saturated carbocycles. The minimum atomic E-state index is -1.22. The highest BCUT2D eigenvalue weighted by molar-refractivity contribution is 5.95. The summed E-state index contributed by atoms with van der Waals surface area (Å²) in [6.07, 6.45) is 2.61. The van der Waals surface area contributed by atoms with Crippen molar-refractivity contribution >= 4 is 40.5 Å². The second-order valence-electron chi connectivity index (χ2n) is 10.1. The van der Waals surface area contributed by atoms with Crippen molar-refractivity contribution < 1.29 is 29.1 Å². The van der Waals surface area contributed by atoms with Gasteiger partial charge >= 0.3 is 5.97 Å². The maximum absolute atomic E-state index is 13.6. The van der Waals surface area contributed by atoms with Crippen LogP contribution in [-0.4, -0.2) is 75.3 Å². The van der Waals surface area contributed by atoms with Gasteiger partial charge in [0.2, 0.25) is 23.6 Å². The van der Waals surface area contributed by atoms with E-state index < -0.39 is 53.8 Å². The van der Waals surface area contributed by atoms with E-state index in [0.29, 0.717) is 12.8 Å². The molecule has 0 radical (unpaired) electrons. The van der Waals surface area contributed by atoms with Gasteiger partial charge in [0.1, 0.15) is 18.1 Å². The van der Waals surface area contributed by atoms with E-state index in [-0.39, 0.29) is 31.7 Å². The lowest BCUT2D eigenvalue weighted by Crippen LogP contribution is -2.58. The average Bonchev–Trinajstić information content (AvgIpc) is 3.50. The van der Waals surface area contributed by atoms with E-state index in [0.717, 1.165) is 16.5 Å². The molecule has 2 heterocycles. The molecule has 1 aliphatic rings. The number of carbonyl (C=O) groups excluding carboxylic acids is 4. The Morgan fingerprint density at radius 1 is 1.11 bits per heavy atom. The number of carbonyl (C=O) groups is 5. The first-order chi connectivity index (χ1) is 18.0. The van der Waals surface area contributed by atoms with Gasteiger partial charge in [-0.3, -0.25) is 19.2 Å². The molecule has 12 nitrogen and oxygen atoms in total. The number of benzene rings is 1. The molecule has 0 aliphatic carbocycles. The van der Waals surface area contributed by atoms with Crippen LogP contribution in [-0.2, 0) is 30.4 Å². The first-order valence-electron chi connectivity index (χ1n) is 12.7. The van der Waals surface area contributed by atoms with Crippen molar-refractivity contribution in [3.63, 3.8) is 0 Å². The van der Waals surface area contributed by atoms with E-state index in [1.54, 1.807) is 6.20 Å². The summed E-state index contributed by atoms with van der Waals surface area (Å²) in [4.78, 5) is 67.0. The summed E-state index contributed by atoms with van der Waals surface area (Å²) in [6.45, 7) is 4.00. The van der Waals surface area contributed by atoms with Crippen LogP contribution in [0.4, 0.5) is 0 Å². The molecule has 0 spiro atoms. The number of carboxylic acids is 1. The monoisotopic (exact) mass is 528 g/mol. The van der Waals surface area contributed by atoms with Crippen LogP contribution in [0.25, 0.3) is 10.9 Å². The predicted molar refractivity (Wildman–Crippen MR) is 139 cm³/mol. The minimum absolute atomic E-state index is 0.00356. The number of H-pyrrole nitrogens is 1. The quantitative estimate of drug-likeness (QED) is 0.222. The molecule has 206 valence electrons. The topological polar surface area (TPSA) is 201 Å². The lowest BCUT2D eigenvalue weighted by Gasteiger charge is -2.29. The number of aromatic nitrogens is 1. The van der Waals surface area contributed by atoms with E-state index in [2.05, 4.69) is 15.6 Å². The molecule has 1 fully saturated rings. The number of fused-ring (bicyclic) bond motifs is 1. The highest BCUT2D eigenvalue weighted by atomic mass is 16.4. The van der Waals surface area contributed by atoms with Gasteiger partial charge in [-0.1, -0.05) is 32.0 Å². The Kier molecular flexibility index (Phi) is 9.45. The molecule has 4 atom stereocenters. The fourth-order valence-corrected chi connectivity index (χ4v) is 4.77. The molecule has 4 unspecified atom stereocenters. The number of primary amides is 1. The molecule has 38 heavy (non-hydrogen) atoms. The normalized spacial score (nSPS) is 17.7. The molecule has 0 bridgehead atoms. The molecule has 1 saturated heterocycles. The van der Waals surface area contributed by atoms with E-state index in [9.17, 15) is 29.1 Å². The van der Waals surface area contributed by atoms with Crippen LogP contribution in [0.1, 0.15) is 45.1 Å². The maximum atomic E-state index is 13.6. The van der Waals surface area contributed by atoms with E-state index in [1.807, 2.05) is 38.1 Å². The van der Waals surface area contributed by atoms with Crippen LogP contribution in [0.2, 0.25) is 0 Å².